The number of alkyl halides is 2. The van der Waals surface area contributed by atoms with Gasteiger partial charge in [0.15, 0.2) is 5.78 Å². The van der Waals surface area contributed by atoms with Crippen molar-refractivity contribution in [3.8, 4) is 5.75 Å². The molecule has 2 aromatic carbocycles. The Morgan fingerprint density at radius 2 is 1.65 bits per heavy atom. The van der Waals surface area contributed by atoms with Gasteiger partial charge in [0.1, 0.15) is 11.6 Å². The molecule has 0 aliphatic heterocycles. The van der Waals surface area contributed by atoms with Crippen LogP contribution in [0.5, 0.6) is 5.75 Å². The third-order valence-corrected chi connectivity index (χ3v) is 5.58. The summed E-state index contributed by atoms with van der Waals surface area (Å²) in [5.41, 5.74) is 1.03. The first-order valence-electron chi connectivity index (χ1n) is 5.86. The zero-order valence-electron chi connectivity index (χ0n) is 10.3. The quantitative estimate of drug-likeness (QED) is 0.599. The first kappa shape index (κ1) is 15.2. The average Bonchev–Trinajstić information content (AvgIpc) is 2.46. The average molecular weight is 402 g/mol. The molecule has 0 unspecified atom stereocenters. The third-order valence-electron chi connectivity index (χ3n) is 2.87. The number of ketones is 1. The van der Waals surface area contributed by atoms with Crippen molar-refractivity contribution in [2.75, 3.05) is 0 Å². The molecule has 1 N–H and O–H groups in total. The highest BCUT2D eigenvalue weighted by atomic mass is 79.9. The van der Waals surface area contributed by atoms with Crippen molar-refractivity contribution in [1.29, 1.82) is 0 Å². The van der Waals surface area contributed by atoms with Crippen molar-refractivity contribution < 1.29 is 14.3 Å². The molecule has 0 aromatic heterocycles. The Morgan fingerprint density at radius 1 is 1.05 bits per heavy atom. The van der Waals surface area contributed by atoms with Gasteiger partial charge in [0.2, 0.25) is 0 Å². The lowest BCUT2D eigenvalue weighted by Gasteiger charge is -2.16. The molecule has 104 valence electrons. The van der Waals surface area contributed by atoms with E-state index in [0.29, 0.717) is 0 Å². The molecular weight excluding hydrogens is 391 g/mol. The summed E-state index contributed by atoms with van der Waals surface area (Å²) in [5.74, 6) is -0.623. The number of hydrogen-bond donors (Lipinski definition) is 1. The van der Waals surface area contributed by atoms with Crippen LogP contribution in [0.3, 0.4) is 0 Å². The Kier molecular flexibility index (Phi) is 4.94. The molecule has 0 amide bonds. The molecule has 0 heterocycles. The maximum Gasteiger partial charge on any atom is 0.181 e. The van der Waals surface area contributed by atoms with Crippen LogP contribution in [0.2, 0.25) is 0 Å². The van der Waals surface area contributed by atoms with Crippen molar-refractivity contribution in [3.63, 3.8) is 0 Å². The van der Waals surface area contributed by atoms with Gasteiger partial charge in [-0.25, -0.2) is 4.39 Å². The summed E-state index contributed by atoms with van der Waals surface area (Å²) < 4.78 is 12.9. The fourth-order valence-electron chi connectivity index (χ4n) is 1.78. The highest BCUT2D eigenvalue weighted by Crippen LogP contribution is 2.34. The second-order valence-corrected chi connectivity index (χ2v) is 6.21. The molecule has 0 saturated carbocycles. The van der Waals surface area contributed by atoms with Gasteiger partial charge >= 0.3 is 0 Å². The van der Waals surface area contributed by atoms with E-state index >= 15 is 0 Å². The lowest BCUT2D eigenvalue weighted by atomic mass is 10.0. The molecule has 0 fully saturated rings. The molecule has 0 aliphatic rings. The van der Waals surface area contributed by atoms with Crippen LogP contribution in [-0.4, -0.2) is 15.7 Å². The van der Waals surface area contributed by atoms with Gasteiger partial charge in [0, 0.05) is 0 Å². The minimum absolute atomic E-state index is 0.0549. The topological polar surface area (TPSA) is 37.3 Å². The van der Waals surface area contributed by atoms with Crippen LogP contribution >= 0.6 is 31.9 Å². The van der Waals surface area contributed by atoms with E-state index in [-0.39, 0.29) is 27.7 Å². The van der Waals surface area contributed by atoms with Crippen molar-refractivity contribution >= 4 is 37.6 Å². The summed E-state index contributed by atoms with van der Waals surface area (Å²) in [5, 5.41) is 9.71. The van der Waals surface area contributed by atoms with Gasteiger partial charge in [-0.15, -0.1) is 0 Å². The molecule has 0 aliphatic carbocycles. The first-order chi connectivity index (χ1) is 9.50. The number of carbonyl (C=O) groups excluding carboxylic acids is 1. The number of para-hydroxylation sites is 1. The van der Waals surface area contributed by atoms with E-state index in [1.807, 2.05) is 0 Å². The summed E-state index contributed by atoms with van der Waals surface area (Å²) in [4.78, 5) is 11.4. The minimum atomic E-state index is -0.568. The van der Waals surface area contributed by atoms with E-state index in [2.05, 4.69) is 31.9 Å². The Labute approximate surface area is 132 Å². The number of halogens is 3. The van der Waals surface area contributed by atoms with Crippen LogP contribution < -0.4 is 0 Å². The van der Waals surface area contributed by atoms with E-state index in [1.54, 1.807) is 30.3 Å². The monoisotopic (exact) mass is 400 g/mol. The second-order valence-electron chi connectivity index (χ2n) is 4.24. The molecule has 0 spiro atoms. The summed E-state index contributed by atoms with van der Waals surface area (Å²) in [6.45, 7) is 0. The van der Waals surface area contributed by atoms with Crippen molar-refractivity contribution in [3.05, 3.63) is 65.5 Å². The van der Waals surface area contributed by atoms with Gasteiger partial charge in [-0.1, -0.05) is 56.1 Å². The number of carbonyl (C=O) groups is 1. The van der Waals surface area contributed by atoms with Gasteiger partial charge in [-0.2, -0.15) is 0 Å². The van der Waals surface area contributed by atoms with E-state index in [0.717, 1.165) is 5.56 Å². The van der Waals surface area contributed by atoms with Crippen LogP contribution in [0.1, 0.15) is 20.7 Å². The SMILES string of the molecule is O=C(c1ccccc1O)[C@H](Br)[C@@H](Br)c1ccc(F)cc1. The van der Waals surface area contributed by atoms with E-state index in [9.17, 15) is 14.3 Å². The van der Waals surface area contributed by atoms with Crippen LogP contribution in [0.4, 0.5) is 4.39 Å². The zero-order chi connectivity index (χ0) is 14.7. The molecule has 0 radical (unpaired) electrons. The smallest absolute Gasteiger partial charge is 0.181 e. The summed E-state index contributed by atoms with van der Waals surface area (Å²) >= 11 is 6.76. The molecule has 5 heteroatoms. The highest BCUT2D eigenvalue weighted by Gasteiger charge is 2.27. The number of Topliss-reactive ketones (excluding diaryl/α,β-unsaturated/α-hetero) is 1. The largest absolute Gasteiger partial charge is 0.507 e. The molecule has 20 heavy (non-hydrogen) atoms. The van der Waals surface area contributed by atoms with Crippen LogP contribution in [-0.2, 0) is 0 Å². The molecular formula is C15H11Br2FO2. The Morgan fingerprint density at radius 3 is 2.25 bits per heavy atom. The minimum Gasteiger partial charge on any atom is -0.507 e. The molecule has 2 atom stereocenters. The van der Waals surface area contributed by atoms with Gasteiger partial charge in [0.05, 0.1) is 15.2 Å². The summed E-state index contributed by atoms with van der Waals surface area (Å²) in [6.07, 6.45) is 0. The van der Waals surface area contributed by atoms with E-state index in [1.165, 1.54) is 18.2 Å². The summed E-state index contributed by atoms with van der Waals surface area (Å²) in [6, 6.07) is 12.3. The third kappa shape index (κ3) is 3.27. The van der Waals surface area contributed by atoms with Crippen molar-refractivity contribution in [2.45, 2.75) is 9.65 Å². The zero-order valence-corrected chi connectivity index (χ0v) is 13.4. The Balaban J connectivity index is 2.22. The van der Waals surface area contributed by atoms with Gasteiger partial charge < -0.3 is 5.11 Å². The molecule has 2 rings (SSSR count). The van der Waals surface area contributed by atoms with Gasteiger partial charge in [0.25, 0.3) is 0 Å². The Bertz CT molecular complexity index is 614. The predicted octanol–water partition coefficient (Wildman–Crippen LogP) is 4.61. The highest BCUT2D eigenvalue weighted by molar-refractivity contribution is 9.12. The van der Waals surface area contributed by atoms with E-state index < -0.39 is 4.83 Å². The molecule has 2 nitrogen and oxygen atoms in total. The van der Waals surface area contributed by atoms with E-state index in [4.69, 9.17) is 0 Å². The van der Waals surface area contributed by atoms with Crippen molar-refractivity contribution in [1.82, 2.24) is 0 Å². The maximum atomic E-state index is 12.9. The van der Waals surface area contributed by atoms with Crippen LogP contribution in [0.25, 0.3) is 0 Å². The van der Waals surface area contributed by atoms with Gasteiger partial charge in [-0.05, 0) is 29.8 Å². The number of phenolic OH excluding ortho intramolecular Hbond substituents is 1. The number of phenols is 1. The van der Waals surface area contributed by atoms with Crippen LogP contribution in [0, 0.1) is 5.82 Å². The standard InChI is InChI=1S/C15H11Br2FO2/c16-13(9-5-7-10(18)8-6-9)14(17)15(20)11-3-1-2-4-12(11)19/h1-8,13-14,19H/t13-,14+/m0/s1. The fourth-order valence-corrected chi connectivity index (χ4v) is 2.88. The van der Waals surface area contributed by atoms with Crippen molar-refractivity contribution in [2.24, 2.45) is 0 Å². The lowest BCUT2D eigenvalue weighted by molar-refractivity contribution is 0.0988. The Hall–Kier alpha value is -1.20. The molecule has 0 bridgehead atoms. The van der Waals surface area contributed by atoms with Gasteiger partial charge in [-0.3, -0.25) is 4.79 Å². The summed E-state index contributed by atoms with van der Waals surface area (Å²) in [7, 11) is 0. The normalized spacial score (nSPS) is 13.8. The van der Waals surface area contributed by atoms with Crippen LogP contribution in [0.15, 0.2) is 48.5 Å². The number of aromatic hydroxyl groups is 1. The first-order valence-corrected chi connectivity index (χ1v) is 7.69. The predicted molar refractivity (Wildman–Crippen MR) is 83.2 cm³/mol. The number of hydrogen-bond acceptors (Lipinski definition) is 2. The number of benzene rings is 2. The lowest BCUT2D eigenvalue weighted by Crippen LogP contribution is -2.19. The second kappa shape index (κ2) is 6.50. The fraction of sp³-hybridized carbons (Fsp3) is 0.133. The maximum absolute atomic E-state index is 12.9. The number of rotatable bonds is 4. The molecule has 2 aromatic rings. The molecule has 0 saturated heterocycles.